The molecule has 3 unspecified atom stereocenters. The van der Waals surface area contributed by atoms with Crippen molar-refractivity contribution in [2.24, 2.45) is 11.8 Å². The molecule has 4 heteroatoms. The molecule has 1 aliphatic carbocycles. The minimum Gasteiger partial charge on any atom is -0.342 e. The van der Waals surface area contributed by atoms with Crippen molar-refractivity contribution in [1.29, 1.82) is 0 Å². The normalized spacial score (nSPS) is 32.2. The van der Waals surface area contributed by atoms with Gasteiger partial charge in [-0.15, -0.1) is 0 Å². The third kappa shape index (κ3) is 2.57. The Morgan fingerprint density at radius 1 is 1.35 bits per heavy atom. The molecule has 0 aromatic heterocycles. The van der Waals surface area contributed by atoms with Crippen molar-refractivity contribution in [3.05, 3.63) is 0 Å². The quantitative estimate of drug-likeness (QED) is 0.812. The highest BCUT2D eigenvalue weighted by atomic mass is 16.2. The molecule has 1 N–H and O–H groups in total. The first-order valence-electron chi connectivity index (χ1n) is 8.07. The Morgan fingerprint density at radius 2 is 2.00 bits per heavy atom. The van der Waals surface area contributed by atoms with E-state index in [0.29, 0.717) is 18.4 Å². The third-order valence-corrected chi connectivity index (χ3v) is 5.03. The first-order valence-corrected chi connectivity index (χ1v) is 8.07. The van der Waals surface area contributed by atoms with Crippen LogP contribution in [0.25, 0.3) is 0 Å². The number of amides is 2. The van der Waals surface area contributed by atoms with Gasteiger partial charge < -0.3 is 10.2 Å². The number of carbonyl (C=O) groups excluding carboxylic acids is 2. The van der Waals surface area contributed by atoms with Crippen LogP contribution in [-0.2, 0) is 9.59 Å². The average Bonchev–Trinajstić information content (AvgIpc) is 3.25. The molecule has 1 saturated heterocycles. The molecule has 2 amide bonds. The Bertz CT molecular complexity index is 392. The van der Waals surface area contributed by atoms with E-state index in [0.717, 1.165) is 32.1 Å². The summed E-state index contributed by atoms with van der Waals surface area (Å²) in [6.45, 7) is 9.00. The summed E-state index contributed by atoms with van der Waals surface area (Å²) in [5.74, 6) is 0.964. The van der Waals surface area contributed by atoms with Crippen LogP contribution in [0.2, 0.25) is 0 Å². The number of piperazine rings is 1. The fraction of sp³-hybridized carbons (Fsp3) is 0.875. The summed E-state index contributed by atoms with van der Waals surface area (Å²) >= 11 is 0. The van der Waals surface area contributed by atoms with Gasteiger partial charge in [-0.25, -0.2) is 0 Å². The van der Waals surface area contributed by atoms with Gasteiger partial charge in [0.25, 0.3) is 0 Å². The Morgan fingerprint density at radius 3 is 2.50 bits per heavy atom. The van der Waals surface area contributed by atoms with Crippen molar-refractivity contribution in [3.8, 4) is 0 Å². The van der Waals surface area contributed by atoms with Gasteiger partial charge in [0.2, 0.25) is 11.8 Å². The van der Waals surface area contributed by atoms with Gasteiger partial charge in [-0.1, -0.05) is 33.6 Å². The van der Waals surface area contributed by atoms with Crippen molar-refractivity contribution in [2.75, 3.05) is 6.54 Å². The van der Waals surface area contributed by atoms with Crippen molar-refractivity contribution >= 4 is 11.8 Å². The van der Waals surface area contributed by atoms with Crippen LogP contribution >= 0.6 is 0 Å². The first-order chi connectivity index (χ1) is 9.44. The molecule has 0 spiro atoms. The second kappa shape index (κ2) is 5.74. The summed E-state index contributed by atoms with van der Waals surface area (Å²) in [6, 6.07) is -0.316. The highest BCUT2D eigenvalue weighted by molar-refractivity contribution is 6.00. The van der Waals surface area contributed by atoms with E-state index in [9.17, 15) is 9.59 Å². The standard InChI is InChI=1S/C16H28N2O2/c1-5-7-13-14(19)18(10-11(3)6-2)16(4,12-8-9-12)15(20)17-13/h11-13H,5-10H2,1-4H3,(H,17,20). The first kappa shape index (κ1) is 15.3. The van der Waals surface area contributed by atoms with Gasteiger partial charge in [0.1, 0.15) is 11.6 Å². The number of nitrogens with zero attached hydrogens (tertiary/aromatic N) is 1. The van der Waals surface area contributed by atoms with Crippen LogP contribution in [0.4, 0.5) is 0 Å². The van der Waals surface area contributed by atoms with Gasteiger partial charge in [-0.3, -0.25) is 9.59 Å². The van der Waals surface area contributed by atoms with E-state index in [-0.39, 0.29) is 17.9 Å². The molecular formula is C16H28N2O2. The molecule has 0 radical (unpaired) electrons. The van der Waals surface area contributed by atoms with E-state index in [4.69, 9.17) is 0 Å². The summed E-state index contributed by atoms with van der Waals surface area (Å²) in [5.41, 5.74) is -0.620. The average molecular weight is 280 g/mol. The predicted octanol–water partition coefficient (Wildman–Crippen LogP) is 2.33. The fourth-order valence-corrected chi connectivity index (χ4v) is 3.16. The summed E-state index contributed by atoms with van der Waals surface area (Å²) in [4.78, 5) is 27.3. The molecule has 2 fully saturated rings. The van der Waals surface area contributed by atoms with Gasteiger partial charge in [0.05, 0.1) is 0 Å². The van der Waals surface area contributed by atoms with E-state index in [1.807, 2.05) is 18.7 Å². The van der Waals surface area contributed by atoms with Crippen LogP contribution < -0.4 is 5.32 Å². The molecule has 1 heterocycles. The van der Waals surface area contributed by atoms with Crippen LogP contribution in [0, 0.1) is 11.8 Å². The van der Waals surface area contributed by atoms with E-state index in [2.05, 4.69) is 19.2 Å². The topological polar surface area (TPSA) is 49.4 Å². The predicted molar refractivity (Wildman–Crippen MR) is 79.1 cm³/mol. The molecule has 1 saturated carbocycles. The molecule has 114 valence electrons. The minimum absolute atomic E-state index is 0.0568. The monoisotopic (exact) mass is 280 g/mol. The smallest absolute Gasteiger partial charge is 0.246 e. The third-order valence-electron chi connectivity index (χ3n) is 5.03. The van der Waals surface area contributed by atoms with Gasteiger partial charge in [-0.05, 0) is 38.0 Å². The second-order valence-electron chi connectivity index (χ2n) is 6.70. The molecule has 2 rings (SSSR count). The zero-order valence-corrected chi connectivity index (χ0v) is 13.2. The van der Waals surface area contributed by atoms with Gasteiger partial charge in [0.15, 0.2) is 0 Å². The number of hydrogen-bond acceptors (Lipinski definition) is 2. The van der Waals surface area contributed by atoms with Crippen molar-refractivity contribution < 1.29 is 9.59 Å². The molecule has 0 bridgehead atoms. The van der Waals surface area contributed by atoms with E-state index in [1.165, 1.54) is 0 Å². The van der Waals surface area contributed by atoms with Crippen LogP contribution in [0.15, 0.2) is 0 Å². The number of nitrogens with one attached hydrogen (secondary N) is 1. The number of hydrogen-bond donors (Lipinski definition) is 1. The van der Waals surface area contributed by atoms with Crippen molar-refractivity contribution in [1.82, 2.24) is 10.2 Å². The van der Waals surface area contributed by atoms with E-state index in [1.54, 1.807) is 0 Å². The Balaban J connectivity index is 2.25. The lowest BCUT2D eigenvalue weighted by atomic mass is 9.86. The van der Waals surface area contributed by atoms with Crippen LogP contribution in [0.3, 0.4) is 0 Å². The number of rotatable bonds is 6. The largest absolute Gasteiger partial charge is 0.342 e. The second-order valence-corrected chi connectivity index (χ2v) is 6.70. The fourth-order valence-electron chi connectivity index (χ4n) is 3.16. The SMILES string of the molecule is CCCC1NC(=O)C(C)(C2CC2)N(CC(C)CC)C1=O. The lowest BCUT2D eigenvalue weighted by Gasteiger charge is -2.47. The van der Waals surface area contributed by atoms with E-state index >= 15 is 0 Å². The Labute approximate surface area is 122 Å². The van der Waals surface area contributed by atoms with Gasteiger partial charge in [-0.2, -0.15) is 0 Å². The molecular weight excluding hydrogens is 252 g/mol. The summed E-state index contributed by atoms with van der Waals surface area (Å²) in [5, 5.41) is 2.97. The maximum Gasteiger partial charge on any atom is 0.246 e. The van der Waals surface area contributed by atoms with Crippen LogP contribution in [0.1, 0.15) is 59.8 Å². The maximum atomic E-state index is 12.8. The number of carbonyl (C=O) groups is 2. The highest BCUT2D eigenvalue weighted by Gasteiger charge is 2.56. The van der Waals surface area contributed by atoms with Gasteiger partial charge in [0, 0.05) is 6.54 Å². The van der Waals surface area contributed by atoms with Crippen molar-refractivity contribution in [2.45, 2.75) is 71.4 Å². The molecule has 1 aliphatic heterocycles. The van der Waals surface area contributed by atoms with E-state index < -0.39 is 5.54 Å². The summed E-state index contributed by atoms with van der Waals surface area (Å²) in [6.07, 6.45) is 4.81. The minimum atomic E-state index is -0.620. The highest BCUT2D eigenvalue weighted by Crippen LogP contribution is 2.45. The zero-order valence-electron chi connectivity index (χ0n) is 13.2. The molecule has 0 aromatic rings. The summed E-state index contributed by atoms with van der Waals surface area (Å²) < 4.78 is 0. The molecule has 3 atom stereocenters. The molecule has 20 heavy (non-hydrogen) atoms. The lowest BCUT2D eigenvalue weighted by Crippen LogP contribution is -2.70. The molecule has 4 nitrogen and oxygen atoms in total. The molecule has 2 aliphatic rings. The van der Waals surface area contributed by atoms with Crippen LogP contribution in [-0.4, -0.2) is 34.8 Å². The lowest BCUT2D eigenvalue weighted by molar-refractivity contribution is -0.159. The van der Waals surface area contributed by atoms with Gasteiger partial charge >= 0.3 is 0 Å². The van der Waals surface area contributed by atoms with Crippen LogP contribution in [0.5, 0.6) is 0 Å². The molecule has 0 aromatic carbocycles. The Kier molecular flexibility index (Phi) is 4.40. The zero-order chi connectivity index (χ0) is 14.9. The maximum absolute atomic E-state index is 12.8. The van der Waals surface area contributed by atoms with Crippen molar-refractivity contribution in [3.63, 3.8) is 0 Å². The Hall–Kier alpha value is -1.06. The summed E-state index contributed by atoms with van der Waals surface area (Å²) in [7, 11) is 0.